The van der Waals surface area contributed by atoms with Crippen molar-refractivity contribution >= 4 is 23.5 Å². The van der Waals surface area contributed by atoms with Gasteiger partial charge in [-0.2, -0.15) is 0 Å². The van der Waals surface area contributed by atoms with Crippen molar-refractivity contribution in [3.8, 4) is 22.5 Å². The van der Waals surface area contributed by atoms with Crippen LogP contribution in [0.5, 0.6) is 0 Å². The first-order valence-corrected chi connectivity index (χ1v) is 9.91. The van der Waals surface area contributed by atoms with Gasteiger partial charge in [0.2, 0.25) is 0 Å². The Hall–Kier alpha value is -3.64. The fraction of sp³-hybridized carbons (Fsp3) is 0.0870. The second-order valence-electron chi connectivity index (χ2n) is 6.85. The first-order valence-electron chi connectivity index (χ1n) is 9.47. The topological polar surface area (TPSA) is 71.9 Å². The van der Waals surface area contributed by atoms with E-state index in [2.05, 4.69) is 15.2 Å². The average Bonchev–Trinajstić information content (AvgIpc) is 2.83. The number of β-lactam (4-membered cyclic amide) rings is 1. The molecular formula is C23H16ClN5O. The lowest BCUT2D eigenvalue weighted by molar-refractivity contribution is -0.123. The number of anilines is 1. The maximum absolute atomic E-state index is 12.6. The van der Waals surface area contributed by atoms with E-state index in [1.54, 1.807) is 6.20 Å². The fourth-order valence-corrected chi connectivity index (χ4v) is 3.86. The molecule has 2 aromatic heterocycles. The van der Waals surface area contributed by atoms with Crippen molar-refractivity contribution in [2.45, 2.75) is 11.4 Å². The van der Waals surface area contributed by atoms with Gasteiger partial charge in [-0.05, 0) is 12.1 Å². The molecule has 146 valence electrons. The van der Waals surface area contributed by atoms with Gasteiger partial charge in [-0.1, -0.05) is 66.7 Å². The highest BCUT2D eigenvalue weighted by molar-refractivity contribution is 6.37. The number of halogens is 1. The molecule has 5 rings (SSSR count). The second kappa shape index (κ2) is 7.65. The van der Waals surface area contributed by atoms with Crippen LogP contribution in [0, 0.1) is 0 Å². The summed E-state index contributed by atoms with van der Waals surface area (Å²) in [5.41, 5.74) is 3.77. The Bertz CT molecular complexity index is 1190. The molecular weight excluding hydrogens is 398 g/mol. The van der Waals surface area contributed by atoms with Crippen molar-refractivity contribution < 1.29 is 4.79 Å². The van der Waals surface area contributed by atoms with E-state index in [4.69, 9.17) is 16.6 Å². The van der Waals surface area contributed by atoms with E-state index in [0.717, 1.165) is 11.1 Å². The van der Waals surface area contributed by atoms with Gasteiger partial charge in [0, 0.05) is 17.3 Å². The summed E-state index contributed by atoms with van der Waals surface area (Å²) in [7, 11) is 0. The molecule has 2 unspecified atom stereocenters. The molecule has 1 fully saturated rings. The number of amides is 1. The smallest absolute Gasteiger partial charge is 0.253 e. The van der Waals surface area contributed by atoms with Gasteiger partial charge >= 0.3 is 0 Å². The van der Waals surface area contributed by atoms with Crippen LogP contribution in [0.25, 0.3) is 22.5 Å². The quantitative estimate of drug-likeness (QED) is 0.368. The predicted molar refractivity (Wildman–Crippen MR) is 115 cm³/mol. The Balaban J connectivity index is 1.63. The Labute approximate surface area is 178 Å². The molecule has 30 heavy (non-hydrogen) atoms. The van der Waals surface area contributed by atoms with Gasteiger partial charge < -0.3 is 0 Å². The van der Waals surface area contributed by atoms with Crippen LogP contribution in [0.3, 0.4) is 0 Å². The van der Waals surface area contributed by atoms with Gasteiger partial charge in [-0.3, -0.25) is 14.7 Å². The number of rotatable bonds is 4. The molecule has 0 N–H and O–H groups in total. The van der Waals surface area contributed by atoms with Crippen molar-refractivity contribution in [2.24, 2.45) is 0 Å². The third kappa shape index (κ3) is 3.11. The highest BCUT2D eigenvalue weighted by atomic mass is 35.5. The fourth-order valence-electron chi connectivity index (χ4n) is 3.52. The number of hydrogen-bond donors (Lipinski definition) is 0. The average molecular weight is 414 g/mol. The van der Waals surface area contributed by atoms with Crippen LogP contribution in [0.2, 0.25) is 0 Å². The molecule has 3 heterocycles. The summed E-state index contributed by atoms with van der Waals surface area (Å²) in [6, 6.07) is 24.5. The summed E-state index contributed by atoms with van der Waals surface area (Å²) in [6.45, 7) is 0. The first-order chi connectivity index (χ1) is 14.7. The van der Waals surface area contributed by atoms with Gasteiger partial charge in [-0.25, -0.2) is 4.98 Å². The van der Waals surface area contributed by atoms with Crippen molar-refractivity contribution in [1.82, 2.24) is 20.2 Å². The van der Waals surface area contributed by atoms with Crippen molar-refractivity contribution in [1.29, 1.82) is 0 Å². The van der Waals surface area contributed by atoms with Crippen LogP contribution < -0.4 is 4.90 Å². The zero-order valence-corrected chi connectivity index (χ0v) is 16.5. The molecule has 7 heteroatoms. The minimum atomic E-state index is -0.711. The largest absolute Gasteiger partial charge is 0.273 e. The van der Waals surface area contributed by atoms with Crippen LogP contribution in [-0.2, 0) is 4.79 Å². The van der Waals surface area contributed by atoms with Crippen LogP contribution in [0.4, 0.5) is 5.95 Å². The number of benzene rings is 2. The number of aromatic nitrogens is 4. The molecule has 1 aliphatic rings. The third-order valence-electron chi connectivity index (χ3n) is 5.00. The maximum Gasteiger partial charge on any atom is 0.253 e. The van der Waals surface area contributed by atoms with E-state index in [1.165, 1.54) is 4.90 Å². The zero-order chi connectivity index (χ0) is 20.5. The summed E-state index contributed by atoms with van der Waals surface area (Å²) in [4.78, 5) is 23.2. The van der Waals surface area contributed by atoms with Crippen molar-refractivity contribution in [2.75, 3.05) is 4.90 Å². The van der Waals surface area contributed by atoms with Crippen LogP contribution in [0.1, 0.15) is 11.7 Å². The lowest BCUT2D eigenvalue weighted by Crippen LogP contribution is -2.57. The minimum absolute atomic E-state index is 0.214. The summed E-state index contributed by atoms with van der Waals surface area (Å²) >= 11 is 6.32. The van der Waals surface area contributed by atoms with Crippen LogP contribution in [0.15, 0.2) is 85.1 Å². The molecule has 0 spiro atoms. The SMILES string of the molecule is O=C1C(Cl)C(c2ccccn2)N1c1nnc(-c2ccccc2)c(-c2ccccc2)n1. The van der Waals surface area contributed by atoms with E-state index in [9.17, 15) is 4.79 Å². The van der Waals surface area contributed by atoms with Gasteiger partial charge in [-0.15, -0.1) is 21.8 Å². The Morgan fingerprint density at radius 1 is 0.767 bits per heavy atom. The monoisotopic (exact) mass is 413 g/mol. The second-order valence-corrected chi connectivity index (χ2v) is 7.32. The summed E-state index contributed by atoms with van der Waals surface area (Å²) in [6.07, 6.45) is 1.67. The third-order valence-corrected chi connectivity index (χ3v) is 5.43. The Kier molecular flexibility index (Phi) is 4.69. The van der Waals surface area contributed by atoms with Crippen molar-refractivity contribution in [3.63, 3.8) is 0 Å². The number of alkyl halides is 1. The highest BCUT2D eigenvalue weighted by Gasteiger charge is 2.50. The summed E-state index contributed by atoms with van der Waals surface area (Å²) in [5.74, 6) is -0.0494. The molecule has 0 aliphatic carbocycles. The van der Waals surface area contributed by atoms with Crippen molar-refractivity contribution in [3.05, 3.63) is 90.8 Å². The number of nitrogens with zero attached hydrogens (tertiary/aromatic N) is 5. The van der Waals surface area contributed by atoms with Gasteiger partial charge in [0.25, 0.3) is 11.9 Å². The van der Waals surface area contributed by atoms with E-state index in [-0.39, 0.29) is 11.9 Å². The Morgan fingerprint density at radius 2 is 1.40 bits per heavy atom. The van der Waals surface area contributed by atoms with E-state index in [1.807, 2.05) is 78.9 Å². The van der Waals surface area contributed by atoms with E-state index >= 15 is 0 Å². The molecule has 1 aliphatic heterocycles. The molecule has 1 saturated heterocycles. The minimum Gasteiger partial charge on any atom is -0.273 e. The van der Waals surface area contributed by atoms with Crippen LogP contribution >= 0.6 is 11.6 Å². The summed E-state index contributed by atoms with van der Waals surface area (Å²) < 4.78 is 0. The molecule has 1 amide bonds. The van der Waals surface area contributed by atoms with Gasteiger partial charge in [0.1, 0.15) is 22.8 Å². The number of carbonyl (C=O) groups is 1. The molecule has 2 aromatic carbocycles. The molecule has 0 radical (unpaired) electrons. The number of pyridine rings is 1. The predicted octanol–water partition coefficient (Wildman–Crippen LogP) is 4.30. The number of carbonyl (C=O) groups excluding carboxylic acids is 1. The lowest BCUT2D eigenvalue weighted by atomic mass is 9.97. The normalized spacial score (nSPS) is 18.2. The van der Waals surface area contributed by atoms with Crippen LogP contribution in [-0.4, -0.2) is 31.4 Å². The standard InChI is InChI=1S/C23H16ClN5O/c24-18-21(17-13-7-8-14-25-17)29(22(18)30)23-26-19(15-9-3-1-4-10-15)20(27-28-23)16-11-5-2-6-12-16/h1-14,18,21H. The van der Waals surface area contributed by atoms with Gasteiger partial charge in [0.05, 0.1) is 5.69 Å². The Morgan fingerprint density at radius 3 is 2.03 bits per heavy atom. The highest BCUT2D eigenvalue weighted by Crippen LogP contribution is 2.41. The lowest BCUT2D eigenvalue weighted by Gasteiger charge is -2.41. The number of hydrogen-bond acceptors (Lipinski definition) is 5. The van der Waals surface area contributed by atoms with E-state index in [0.29, 0.717) is 17.1 Å². The molecule has 0 bridgehead atoms. The first kappa shape index (κ1) is 18.4. The molecule has 2 atom stereocenters. The zero-order valence-electron chi connectivity index (χ0n) is 15.8. The molecule has 6 nitrogen and oxygen atoms in total. The maximum atomic E-state index is 12.6. The summed E-state index contributed by atoms with van der Waals surface area (Å²) in [5, 5.41) is 8.02. The molecule has 4 aromatic rings. The molecule has 0 saturated carbocycles. The van der Waals surface area contributed by atoms with Gasteiger partial charge in [0.15, 0.2) is 0 Å². The van der Waals surface area contributed by atoms with E-state index < -0.39 is 11.4 Å².